The van der Waals surface area contributed by atoms with Crippen LogP contribution in [-0.2, 0) is 6.54 Å². The van der Waals surface area contributed by atoms with Crippen molar-refractivity contribution in [1.82, 2.24) is 20.3 Å². The molecule has 0 radical (unpaired) electrons. The predicted octanol–water partition coefficient (Wildman–Crippen LogP) is 2.52. The van der Waals surface area contributed by atoms with Gasteiger partial charge in [-0.3, -0.25) is 4.79 Å². The minimum atomic E-state index is -0.965. The van der Waals surface area contributed by atoms with Crippen molar-refractivity contribution in [3.05, 3.63) is 82.4 Å². The maximum Gasteiger partial charge on any atom is 0.274 e. The van der Waals surface area contributed by atoms with E-state index in [2.05, 4.69) is 15.6 Å². The van der Waals surface area contributed by atoms with Crippen LogP contribution in [0.1, 0.15) is 33.4 Å². The van der Waals surface area contributed by atoms with Gasteiger partial charge in [0.2, 0.25) is 0 Å². The van der Waals surface area contributed by atoms with Crippen LogP contribution in [0.4, 0.5) is 13.2 Å². The Balaban J connectivity index is 1.79. The van der Waals surface area contributed by atoms with Gasteiger partial charge in [0.1, 0.15) is 17.5 Å². The van der Waals surface area contributed by atoms with Crippen LogP contribution in [0.5, 0.6) is 0 Å². The smallest absolute Gasteiger partial charge is 0.274 e. The summed E-state index contributed by atoms with van der Waals surface area (Å²) in [5, 5.41) is 19.7. The lowest BCUT2D eigenvalue weighted by Gasteiger charge is -2.16. The molecule has 9 heteroatoms. The molecule has 1 amide bonds. The van der Waals surface area contributed by atoms with E-state index in [1.807, 2.05) is 0 Å². The molecule has 1 aromatic heterocycles. The molecule has 6 nitrogen and oxygen atoms in total. The number of benzene rings is 2. The number of aliphatic hydroxyl groups excluding tert-OH is 1. The Bertz CT molecular complexity index is 1010. The second kappa shape index (κ2) is 8.22. The number of aromatic nitrogens is 3. The first-order chi connectivity index (χ1) is 13.4. The Morgan fingerprint density at radius 1 is 1.18 bits per heavy atom. The number of hydrogen-bond donors (Lipinski definition) is 2. The minimum absolute atomic E-state index is 0.0442. The summed E-state index contributed by atoms with van der Waals surface area (Å²) in [4.78, 5) is 12.5. The summed E-state index contributed by atoms with van der Waals surface area (Å²) in [6, 6.07) is 7.97. The van der Waals surface area contributed by atoms with Gasteiger partial charge < -0.3 is 10.4 Å². The molecule has 0 spiro atoms. The first-order valence-corrected chi connectivity index (χ1v) is 8.41. The van der Waals surface area contributed by atoms with Gasteiger partial charge in [0.05, 0.1) is 24.9 Å². The van der Waals surface area contributed by atoms with Gasteiger partial charge in [0.15, 0.2) is 5.69 Å². The first kappa shape index (κ1) is 19.6. The summed E-state index contributed by atoms with van der Waals surface area (Å²) in [5.74, 6) is -2.65. The second-order valence-electron chi connectivity index (χ2n) is 6.15. The molecular formula is C19H17F3N4O2. The van der Waals surface area contributed by atoms with Crippen LogP contribution < -0.4 is 5.32 Å². The molecule has 28 heavy (non-hydrogen) atoms. The summed E-state index contributed by atoms with van der Waals surface area (Å²) in [7, 11) is 0. The van der Waals surface area contributed by atoms with Crippen LogP contribution in [0.2, 0.25) is 0 Å². The van der Waals surface area contributed by atoms with Gasteiger partial charge in [0.25, 0.3) is 5.91 Å². The largest absolute Gasteiger partial charge is 0.394 e. The lowest BCUT2D eigenvalue weighted by molar-refractivity contribution is 0.0909. The number of carbonyl (C=O) groups excluding carboxylic acids is 1. The number of hydrogen-bond acceptors (Lipinski definition) is 4. The molecular weight excluding hydrogens is 373 g/mol. The molecule has 0 aliphatic carbocycles. The van der Waals surface area contributed by atoms with Gasteiger partial charge in [-0.1, -0.05) is 29.5 Å². The van der Waals surface area contributed by atoms with Crippen LogP contribution in [0.15, 0.2) is 42.5 Å². The molecule has 2 aromatic carbocycles. The van der Waals surface area contributed by atoms with E-state index in [9.17, 15) is 23.1 Å². The topological polar surface area (TPSA) is 80.0 Å². The minimum Gasteiger partial charge on any atom is -0.394 e. The number of halogens is 3. The average Bonchev–Trinajstić information content (AvgIpc) is 3.03. The number of rotatable bonds is 6. The zero-order valence-electron chi connectivity index (χ0n) is 14.9. The van der Waals surface area contributed by atoms with Gasteiger partial charge in [-0.2, -0.15) is 0 Å². The van der Waals surface area contributed by atoms with Crippen molar-refractivity contribution >= 4 is 5.91 Å². The molecule has 0 saturated carbocycles. The van der Waals surface area contributed by atoms with E-state index in [1.54, 1.807) is 13.0 Å². The Morgan fingerprint density at radius 2 is 1.93 bits per heavy atom. The first-order valence-electron chi connectivity index (χ1n) is 8.41. The standard InChI is InChI=1S/C19H17F3N4O2/c1-11-18(19(28)23-17(10-27)14-4-2-3-5-15(14)21)24-25-26(11)9-12-6-7-13(20)8-16(12)22/h2-8,17,27H,9-10H2,1H3,(H,23,28). The SMILES string of the molecule is Cc1c(C(=O)NC(CO)c2ccccc2F)nnn1Cc1ccc(F)cc1F. The zero-order valence-corrected chi connectivity index (χ0v) is 14.9. The van der Waals surface area contributed by atoms with Crippen molar-refractivity contribution in [2.45, 2.75) is 19.5 Å². The number of nitrogens with one attached hydrogen (secondary N) is 1. The number of carbonyl (C=O) groups is 1. The number of nitrogens with zero attached hydrogens (tertiary/aromatic N) is 3. The van der Waals surface area contributed by atoms with Gasteiger partial charge in [0, 0.05) is 17.2 Å². The summed E-state index contributed by atoms with van der Waals surface area (Å²) >= 11 is 0. The number of aliphatic hydroxyl groups is 1. The van der Waals surface area contributed by atoms with E-state index in [0.717, 1.165) is 12.1 Å². The molecule has 0 saturated heterocycles. The van der Waals surface area contributed by atoms with E-state index in [1.165, 1.54) is 28.9 Å². The Morgan fingerprint density at radius 3 is 2.61 bits per heavy atom. The van der Waals surface area contributed by atoms with Gasteiger partial charge >= 0.3 is 0 Å². The molecule has 1 unspecified atom stereocenters. The van der Waals surface area contributed by atoms with Crippen molar-refractivity contribution in [3.8, 4) is 0 Å². The molecule has 1 heterocycles. The van der Waals surface area contributed by atoms with E-state index in [4.69, 9.17) is 0 Å². The maximum atomic E-state index is 13.9. The van der Waals surface area contributed by atoms with Crippen molar-refractivity contribution in [2.24, 2.45) is 0 Å². The zero-order chi connectivity index (χ0) is 20.3. The van der Waals surface area contributed by atoms with Crippen molar-refractivity contribution in [1.29, 1.82) is 0 Å². The highest BCUT2D eigenvalue weighted by molar-refractivity contribution is 5.93. The van der Waals surface area contributed by atoms with E-state index >= 15 is 0 Å². The molecule has 0 aliphatic heterocycles. The number of amides is 1. The van der Waals surface area contributed by atoms with E-state index < -0.39 is 36.0 Å². The van der Waals surface area contributed by atoms with Gasteiger partial charge in [-0.15, -0.1) is 5.10 Å². The van der Waals surface area contributed by atoms with Crippen LogP contribution in [0.25, 0.3) is 0 Å². The molecule has 0 bridgehead atoms. The molecule has 0 fully saturated rings. The highest BCUT2D eigenvalue weighted by atomic mass is 19.1. The molecule has 1 atom stereocenters. The molecule has 3 aromatic rings. The van der Waals surface area contributed by atoms with Crippen LogP contribution in [0.3, 0.4) is 0 Å². The highest BCUT2D eigenvalue weighted by Crippen LogP contribution is 2.18. The van der Waals surface area contributed by atoms with Crippen LogP contribution >= 0.6 is 0 Å². The third kappa shape index (κ3) is 4.04. The van der Waals surface area contributed by atoms with Crippen molar-refractivity contribution < 1.29 is 23.1 Å². The third-order valence-corrected chi connectivity index (χ3v) is 4.30. The molecule has 2 N–H and O–H groups in total. The van der Waals surface area contributed by atoms with Crippen molar-refractivity contribution in [3.63, 3.8) is 0 Å². The maximum absolute atomic E-state index is 13.9. The fourth-order valence-electron chi connectivity index (χ4n) is 2.74. The van der Waals surface area contributed by atoms with Crippen molar-refractivity contribution in [2.75, 3.05) is 6.61 Å². The summed E-state index contributed by atoms with van der Waals surface area (Å²) in [6.45, 7) is 1.00. The summed E-state index contributed by atoms with van der Waals surface area (Å²) < 4.78 is 42.1. The highest BCUT2D eigenvalue weighted by Gasteiger charge is 2.22. The normalized spacial score (nSPS) is 12.0. The fourth-order valence-corrected chi connectivity index (χ4v) is 2.74. The lowest BCUT2D eigenvalue weighted by Crippen LogP contribution is -2.32. The Hall–Kier alpha value is -3.20. The second-order valence-corrected chi connectivity index (χ2v) is 6.15. The Labute approximate surface area is 158 Å². The molecule has 146 valence electrons. The van der Waals surface area contributed by atoms with Gasteiger partial charge in [-0.25, -0.2) is 17.9 Å². The fraction of sp³-hybridized carbons (Fsp3) is 0.211. The van der Waals surface area contributed by atoms with Crippen LogP contribution in [-0.4, -0.2) is 32.6 Å². The monoisotopic (exact) mass is 390 g/mol. The summed E-state index contributed by atoms with van der Waals surface area (Å²) in [6.07, 6.45) is 0. The van der Waals surface area contributed by atoms with E-state index in [-0.39, 0.29) is 23.4 Å². The average molecular weight is 390 g/mol. The quantitative estimate of drug-likeness (QED) is 0.678. The molecule has 0 aliphatic rings. The third-order valence-electron chi connectivity index (χ3n) is 4.30. The lowest BCUT2D eigenvalue weighted by atomic mass is 10.1. The molecule has 3 rings (SSSR count). The van der Waals surface area contributed by atoms with E-state index in [0.29, 0.717) is 5.69 Å². The van der Waals surface area contributed by atoms with Gasteiger partial charge in [-0.05, 0) is 19.1 Å². The Kier molecular flexibility index (Phi) is 5.74. The summed E-state index contributed by atoms with van der Waals surface area (Å²) in [5.41, 5.74) is 0.612. The van der Waals surface area contributed by atoms with Crippen LogP contribution in [0, 0.1) is 24.4 Å². The predicted molar refractivity (Wildman–Crippen MR) is 93.9 cm³/mol.